The lowest BCUT2D eigenvalue weighted by Crippen LogP contribution is -2.12. The minimum Gasteiger partial charge on any atom is -0.505 e. The molecule has 0 saturated heterocycles. The summed E-state index contributed by atoms with van der Waals surface area (Å²) in [6.45, 7) is 5.19. The van der Waals surface area contributed by atoms with E-state index in [1.807, 2.05) is 0 Å². The summed E-state index contributed by atoms with van der Waals surface area (Å²) in [6.07, 6.45) is 0. The fourth-order valence-corrected chi connectivity index (χ4v) is 2.15. The smallest absolute Gasteiger partial charge is 0.259 e. The summed E-state index contributed by atoms with van der Waals surface area (Å²) >= 11 is 5.91. The van der Waals surface area contributed by atoms with E-state index in [2.05, 4.69) is 5.32 Å². The number of aromatic hydroxyl groups is 1. The molecule has 4 nitrogen and oxygen atoms in total. The zero-order chi connectivity index (χ0) is 14.2. The number of benzene rings is 1. The van der Waals surface area contributed by atoms with Gasteiger partial charge >= 0.3 is 0 Å². The second kappa shape index (κ2) is 4.97. The van der Waals surface area contributed by atoms with Gasteiger partial charge in [-0.1, -0.05) is 11.6 Å². The van der Waals surface area contributed by atoms with Crippen LogP contribution < -0.4 is 5.32 Å². The standard InChI is InChI=1S/C14H14ClNO3/c1-7-4-10(15)6-12(13(7)17)16-14(18)11-5-8(2)19-9(11)3/h4-6,17H,1-3H3,(H,16,18). The number of carbonyl (C=O) groups excluding carboxylic acids is 1. The third kappa shape index (κ3) is 2.74. The van der Waals surface area contributed by atoms with Gasteiger partial charge in [-0.2, -0.15) is 0 Å². The van der Waals surface area contributed by atoms with E-state index in [0.717, 1.165) is 0 Å². The van der Waals surface area contributed by atoms with Gasteiger partial charge in [-0.15, -0.1) is 0 Å². The quantitative estimate of drug-likeness (QED) is 0.822. The number of carbonyl (C=O) groups is 1. The number of nitrogens with one attached hydrogen (secondary N) is 1. The molecule has 1 aromatic carbocycles. The highest BCUT2D eigenvalue weighted by Gasteiger charge is 2.16. The Balaban J connectivity index is 2.31. The maximum Gasteiger partial charge on any atom is 0.259 e. The SMILES string of the molecule is Cc1cc(C(=O)Nc2cc(Cl)cc(C)c2O)c(C)o1. The van der Waals surface area contributed by atoms with Crippen molar-refractivity contribution >= 4 is 23.2 Å². The van der Waals surface area contributed by atoms with Gasteiger partial charge in [0.1, 0.15) is 17.3 Å². The van der Waals surface area contributed by atoms with Crippen LogP contribution >= 0.6 is 11.6 Å². The van der Waals surface area contributed by atoms with Crippen molar-refractivity contribution in [1.82, 2.24) is 0 Å². The van der Waals surface area contributed by atoms with Crippen molar-refractivity contribution in [3.8, 4) is 5.75 Å². The molecule has 100 valence electrons. The molecule has 2 N–H and O–H groups in total. The fraction of sp³-hybridized carbons (Fsp3) is 0.214. The third-order valence-corrected chi connectivity index (χ3v) is 3.02. The van der Waals surface area contributed by atoms with Gasteiger partial charge in [0.2, 0.25) is 0 Å². The van der Waals surface area contributed by atoms with Crippen LogP contribution in [0, 0.1) is 20.8 Å². The van der Waals surface area contributed by atoms with Crippen molar-refractivity contribution in [3.05, 3.63) is 45.9 Å². The van der Waals surface area contributed by atoms with Crippen molar-refractivity contribution in [1.29, 1.82) is 0 Å². The highest BCUT2D eigenvalue weighted by atomic mass is 35.5. The van der Waals surface area contributed by atoms with Gasteiger partial charge in [-0.3, -0.25) is 4.79 Å². The highest BCUT2D eigenvalue weighted by molar-refractivity contribution is 6.31. The number of aryl methyl sites for hydroxylation is 3. The van der Waals surface area contributed by atoms with E-state index in [-0.39, 0.29) is 17.3 Å². The van der Waals surface area contributed by atoms with Gasteiger partial charge < -0.3 is 14.8 Å². The van der Waals surface area contributed by atoms with Crippen LogP contribution in [0.15, 0.2) is 22.6 Å². The fourth-order valence-electron chi connectivity index (χ4n) is 1.88. The predicted octanol–water partition coefficient (Wildman–Crippen LogP) is 3.82. The Morgan fingerprint density at radius 2 is 1.95 bits per heavy atom. The Kier molecular flexibility index (Phi) is 3.53. The molecule has 1 heterocycles. The van der Waals surface area contributed by atoms with Crippen LogP contribution in [0.1, 0.15) is 27.4 Å². The zero-order valence-corrected chi connectivity index (χ0v) is 11.6. The molecular weight excluding hydrogens is 266 g/mol. The van der Waals surface area contributed by atoms with Crippen LogP contribution in [-0.4, -0.2) is 11.0 Å². The Morgan fingerprint density at radius 3 is 2.53 bits per heavy atom. The lowest BCUT2D eigenvalue weighted by atomic mass is 10.1. The molecule has 0 atom stereocenters. The number of halogens is 1. The molecule has 2 rings (SSSR count). The number of furan rings is 1. The second-order valence-electron chi connectivity index (χ2n) is 4.40. The summed E-state index contributed by atoms with van der Waals surface area (Å²) in [6, 6.07) is 4.78. The molecule has 1 amide bonds. The minimum absolute atomic E-state index is 0.00983. The average Bonchev–Trinajstić information content (AvgIpc) is 2.64. The van der Waals surface area contributed by atoms with Crippen LogP contribution in [0.2, 0.25) is 5.02 Å². The Morgan fingerprint density at radius 1 is 1.26 bits per heavy atom. The molecular formula is C14H14ClNO3. The van der Waals surface area contributed by atoms with Gasteiger partial charge in [0.05, 0.1) is 11.3 Å². The lowest BCUT2D eigenvalue weighted by Gasteiger charge is -2.09. The molecule has 0 radical (unpaired) electrons. The van der Waals surface area contributed by atoms with E-state index in [9.17, 15) is 9.90 Å². The maximum atomic E-state index is 12.1. The monoisotopic (exact) mass is 279 g/mol. The van der Waals surface area contributed by atoms with Crippen molar-refractivity contribution in [2.45, 2.75) is 20.8 Å². The molecule has 5 heteroatoms. The van der Waals surface area contributed by atoms with E-state index >= 15 is 0 Å². The molecule has 0 unspecified atom stereocenters. The van der Waals surface area contributed by atoms with Crippen LogP contribution in [0.5, 0.6) is 5.75 Å². The van der Waals surface area contributed by atoms with Gasteiger partial charge in [0.15, 0.2) is 0 Å². The largest absolute Gasteiger partial charge is 0.505 e. The molecule has 0 saturated carbocycles. The molecule has 1 aromatic heterocycles. The maximum absolute atomic E-state index is 12.1. The van der Waals surface area contributed by atoms with Crippen molar-refractivity contribution in [2.24, 2.45) is 0 Å². The summed E-state index contributed by atoms with van der Waals surface area (Å²) in [4.78, 5) is 12.1. The normalized spacial score (nSPS) is 10.5. The molecule has 19 heavy (non-hydrogen) atoms. The average molecular weight is 280 g/mol. The van der Waals surface area contributed by atoms with Crippen molar-refractivity contribution in [3.63, 3.8) is 0 Å². The summed E-state index contributed by atoms with van der Waals surface area (Å²) in [5.74, 6) is 0.865. The first-order chi connectivity index (χ1) is 8.88. The number of phenolic OH excluding ortho intramolecular Hbond substituents is 1. The number of amides is 1. The van der Waals surface area contributed by atoms with E-state index in [0.29, 0.717) is 27.7 Å². The second-order valence-corrected chi connectivity index (χ2v) is 4.84. The summed E-state index contributed by atoms with van der Waals surface area (Å²) in [7, 11) is 0. The van der Waals surface area contributed by atoms with Gasteiger partial charge in [-0.05, 0) is 44.5 Å². The van der Waals surface area contributed by atoms with E-state index < -0.39 is 0 Å². The number of anilines is 1. The first kappa shape index (κ1) is 13.5. The molecule has 0 aliphatic heterocycles. The van der Waals surface area contributed by atoms with Gasteiger partial charge in [-0.25, -0.2) is 0 Å². The summed E-state index contributed by atoms with van der Waals surface area (Å²) in [5, 5.41) is 13.0. The molecule has 0 spiro atoms. The predicted molar refractivity (Wildman–Crippen MR) is 74.0 cm³/mol. The minimum atomic E-state index is -0.341. The van der Waals surface area contributed by atoms with Crippen LogP contribution in [-0.2, 0) is 0 Å². The number of phenols is 1. The van der Waals surface area contributed by atoms with E-state index in [1.165, 1.54) is 6.07 Å². The lowest BCUT2D eigenvalue weighted by molar-refractivity contribution is 0.102. The molecule has 2 aromatic rings. The Labute approximate surface area is 116 Å². The van der Waals surface area contributed by atoms with Crippen molar-refractivity contribution < 1.29 is 14.3 Å². The molecule has 0 aliphatic carbocycles. The molecule has 0 aliphatic rings. The van der Waals surface area contributed by atoms with E-state index in [1.54, 1.807) is 32.9 Å². The van der Waals surface area contributed by atoms with Crippen molar-refractivity contribution in [2.75, 3.05) is 5.32 Å². The third-order valence-electron chi connectivity index (χ3n) is 2.80. The zero-order valence-electron chi connectivity index (χ0n) is 10.9. The van der Waals surface area contributed by atoms with Gasteiger partial charge in [0.25, 0.3) is 5.91 Å². The first-order valence-corrected chi connectivity index (χ1v) is 6.13. The Hall–Kier alpha value is -1.94. The number of hydrogen-bond acceptors (Lipinski definition) is 3. The molecule has 0 bridgehead atoms. The summed E-state index contributed by atoms with van der Waals surface area (Å²) in [5.41, 5.74) is 1.32. The number of hydrogen-bond donors (Lipinski definition) is 2. The van der Waals surface area contributed by atoms with Crippen LogP contribution in [0.25, 0.3) is 0 Å². The molecule has 0 fully saturated rings. The highest BCUT2D eigenvalue weighted by Crippen LogP contribution is 2.31. The topological polar surface area (TPSA) is 62.5 Å². The first-order valence-electron chi connectivity index (χ1n) is 5.76. The van der Waals surface area contributed by atoms with Gasteiger partial charge in [0, 0.05) is 5.02 Å². The van der Waals surface area contributed by atoms with Crippen LogP contribution in [0.4, 0.5) is 5.69 Å². The summed E-state index contributed by atoms with van der Waals surface area (Å²) < 4.78 is 5.30. The van der Waals surface area contributed by atoms with E-state index in [4.69, 9.17) is 16.0 Å². The number of rotatable bonds is 2. The van der Waals surface area contributed by atoms with Crippen LogP contribution in [0.3, 0.4) is 0 Å². The Bertz CT molecular complexity index is 646.